The van der Waals surface area contributed by atoms with E-state index >= 15 is 0 Å². The minimum absolute atomic E-state index is 0.166. The molecule has 0 aromatic carbocycles. The maximum absolute atomic E-state index is 11.8. The van der Waals surface area contributed by atoms with Crippen molar-refractivity contribution in [3.05, 3.63) is 0 Å². The van der Waals surface area contributed by atoms with Gasteiger partial charge in [0.15, 0.2) is 6.10 Å². The predicted molar refractivity (Wildman–Crippen MR) is 91.4 cm³/mol. The van der Waals surface area contributed by atoms with E-state index in [2.05, 4.69) is 12.2 Å². The number of nitrogens with zero attached hydrogens (tertiary/aromatic N) is 1. The molecule has 1 unspecified atom stereocenters. The Bertz CT molecular complexity index is 340. The summed E-state index contributed by atoms with van der Waals surface area (Å²) < 4.78 is 5.80. The van der Waals surface area contributed by atoms with Gasteiger partial charge in [-0.3, -0.25) is 4.79 Å². The Morgan fingerprint density at radius 3 is 2.13 bits per heavy atom. The van der Waals surface area contributed by atoms with E-state index in [1.54, 1.807) is 0 Å². The summed E-state index contributed by atoms with van der Waals surface area (Å²) in [5.74, 6) is -0.955. The summed E-state index contributed by atoms with van der Waals surface area (Å²) >= 11 is 0. The number of quaternary nitrogens is 1. The Kier molecular flexibility index (Phi) is 11.5. The van der Waals surface area contributed by atoms with E-state index in [1.807, 2.05) is 21.1 Å². The average Bonchev–Trinajstić information content (AvgIpc) is 2.39. The number of nitrogens with one attached hydrogen (secondary N) is 1. The van der Waals surface area contributed by atoms with Gasteiger partial charge in [0.1, 0.15) is 6.54 Å². The van der Waals surface area contributed by atoms with Crippen LogP contribution in [0.25, 0.3) is 0 Å². The fraction of sp³-hybridized carbons (Fsp3) is 0.882. The number of unbranched alkanes of at least 4 members (excludes halogenated alkanes) is 6. The molecule has 0 bridgehead atoms. The first-order valence-corrected chi connectivity index (χ1v) is 8.71. The second-order valence-corrected chi connectivity index (χ2v) is 7.15. The van der Waals surface area contributed by atoms with Gasteiger partial charge in [0.25, 0.3) is 0 Å². The fourth-order valence-electron chi connectivity index (χ4n) is 2.41. The number of ether oxygens (including phenoxy) is 1. The lowest BCUT2D eigenvalue weighted by Crippen LogP contribution is -2.45. The second-order valence-electron chi connectivity index (χ2n) is 7.15. The molecule has 0 aliphatic rings. The number of amides is 1. The van der Waals surface area contributed by atoms with Gasteiger partial charge in [-0.25, -0.2) is 4.79 Å². The third kappa shape index (κ3) is 15.4. The average molecular weight is 331 g/mol. The van der Waals surface area contributed by atoms with Crippen molar-refractivity contribution in [2.24, 2.45) is 0 Å². The molecule has 0 fully saturated rings. The van der Waals surface area contributed by atoms with E-state index in [0.29, 0.717) is 17.6 Å². The number of hydrogen-bond donors (Lipinski definition) is 2. The predicted octanol–water partition coefficient (Wildman–Crippen LogP) is 3.01. The number of carbonyl (C=O) groups is 2. The number of carbonyl (C=O) groups excluding carboxylic acids is 1. The summed E-state index contributed by atoms with van der Waals surface area (Å²) in [6.45, 7) is 3.25. The van der Waals surface area contributed by atoms with E-state index in [0.717, 1.165) is 12.8 Å². The van der Waals surface area contributed by atoms with Gasteiger partial charge in [0, 0.05) is 6.54 Å². The molecule has 0 aromatic rings. The number of carboxylic acid groups (broad SMARTS) is 1. The number of hydrogen-bond acceptors (Lipinski definition) is 3. The lowest BCUT2D eigenvalue weighted by molar-refractivity contribution is -0.873. The van der Waals surface area contributed by atoms with Crippen LogP contribution in [0.2, 0.25) is 0 Å². The van der Waals surface area contributed by atoms with Crippen molar-refractivity contribution in [3.8, 4) is 0 Å². The summed E-state index contributed by atoms with van der Waals surface area (Å²) in [4.78, 5) is 22.6. The van der Waals surface area contributed by atoms with Crippen LogP contribution in [0.3, 0.4) is 0 Å². The Morgan fingerprint density at radius 2 is 1.61 bits per heavy atom. The quantitative estimate of drug-likeness (QED) is 0.402. The van der Waals surface area contributed by atoms with Crippen molar-refractivity contribution in [3.63, 3.8) is 0 Å². The van der Waals surface area contributed by atoms with Gasteiger partial charge in [-0.1, -0.05) is 45.4 Å². The van der Waals surface area contributed by atoms with E-state index in [-0.39, 0.29) is 6.42 Å². The van der Waals surface area contributed by atoms with Crippen LogP contribution in [-0.2, 0) is 9.53 Å². The molecule has 0 radical (unpaired) electrons. The monoisotopic (exact) mass is 331 g/mol. The van der Waals surface area contributed by atoms with Gasteiger partial charge in [0.05, 0.1) is 27.6 Å². The van der Waals surface area contributed by atoms with Crippen molar-refractivity contribution in [2.45, 2.75) is 64.4 Å². The normalized spacial score (nSPS) is 12.7. The molecule has 6 heteroatoms. The van der Waals surface area contributed by atoms with Crippen LogP contribution < -0.4 is 5.32 Å². The number of rotatable bonds is 13. The van der Waals surface area contributed by atoms with E-state index in [1.165, 1.54) is 32.1 Å². The molecule has 0 aromatic heterocycles. The smallest absolute Gasteiger partial charge is 0.407 e. The highest BCUT2D eigenvalue weighted by atomic mass is 16.6. The third-order valence-corrected chi connectivity index (χ3v) is 3.48. The molecule has 0 aliphatic heterocycles. The van der Waals surface area contributed by atoms with Crippen LogP contribution in [0.15, 0.2) is 0 Å². The first-order chi connectivity index (χ1) is 10.7. The molecular formula is C17H35N2O4+. The molecule has 136 valence electrons. The van der Waals surface area contributed by atoms with Gasteiger partial charge in [-0.15, -0.1) is 0 Å². The zero-order chi connectivity index (χ0) is 17.7. The molecule has 23 heavy (non-hydrogen) atoms. The molecule has 2 N–H and O–H groups in total. The van der Waals surface area contributed by atoms with Crippen LogP contribution in [0, 0.1) is 0 Å². The maximum atomic E-state index is 11.8. The molecule has 0 rings (SSSR count). The zero-order valence-corrected chi connectivity index (χ0v) is 15.3. The number of carboxylic acids is 1. The van der Waals surface area contributed by atoms with E-state index in [9.17, 15) is 9.59 Å². The standard InChI is InChI=1S/C17H34N2O4/c1-5-6-7-8-9-10-11-12-18-17(22)23-15(13-16(20)21)14-19(2,3)4/h15H,5-14H2,1-4H3,(H-,18,20,21,22)/p+1. The minimum Gasteiger partial charge on any atom is -0.481 e. The van der Waals surface area contributed by atoms with Crippen molar-refractivity contribution >= 4 is 12.1 Å². The van der Waals surface area contributed by atoms with E-state index in [4.69, 9.17) is 9.84 Å². The highest BCUT2D eigenvalue weighted by Crippen LogP contribution is 2.07. The van der Waals surface area contributed by atoms with Gasteiger partial charge >= 0.3 is 12.1 Å². The molecule has 0 saturated carbocycles. The molecule has 0 saturated heterocycles. The molecule has 0 aliphatic carbocycles. The Labute approximate surface area is 140 Å². The summed E-state index contributed by atoms with van der Waals surface area (Å²) in [6.07, 6.45) is 7.01. The van der Waals surface area contributed by atoms with E-state index < -0.39 is 18.2 Å². The summed E-state index contributed by atoms with van der Waals surface area (Å²) in [7, 11) is 5.82. The maximum Gasteiger partial charge on any atom is 0.407 e. The number of alkyl carbamates (subject to hydrolysis) is 1. The van der Waals surface area contributed by atoms with Crippen molar-refractivity contribution in [1.82, 2.24) is 5.32 Å². The van der Waals surface area contributed by atoms with Gasteiger partial charge in [-0.2, -0.15) is 0 Å². The Hall–Kier alpha value is -1.30. The number of likely N-dealkylation sites (N-methyl/N-ethyl adjacent to an activating group) is 1. The van der Waals surface area contributed by atoms with Crippen LogP contribution in [0.5, 0.6) is 0 Å². The largest absolute Gasteiger partial charge is 0.481 e. The molecule has 1 atom stereocenters. The topological polar surface area (TPSA) is 75.6 Å². The van der Waals surface area contributed by atoms with Gasteiger partial charge in [0.2, 0.25) is 0 Å². The Balaban J connectivity index is 3.88. The lowest BCUT2D eigenvalue weighted by atomic mass is 10.1. The van der Waals surface area contributed by atoms with Crippen molar-refractivity contribution in [2.75, 3.05) is 34.2 Å². The zero-order valence-electron chi connectivity index (χ0n) is 15.3. The van der Waals surface area contributed by atoms with Gasteiger partial charge in [-0.05, 0) is 6.42 Å². The molecule has 6 nitrogen and oxygen atoms in total. The number of aliphatic carboxylic acids is 1. The molecule has 1 amide bonds. The molecule has 0 heterocycles. The summed E-state index contributed by atoms with van der Waals surface area (Å²) in [6, 6.07) is 0. The minimum atomic E-state index is -0.955. The van der Waals surface area contributed by atoms with Crippen molar-refractivity contribution < 1.29 is 23.9 Å². The fourth-order valence-corrected chi connectivity index (χ4v) is 2.41. The van der Waals surface area contributed by atoms with Crippen LogP contribution in [0.4, 0.5) is 4.79 Å². The summed E-state index contributed by atoms with van der Waals surface area (Å²) in [5.41, 5.74) is 0. The Morgan fingerprint density at radius 1 is 1.04 bits per heavy atom. The summed E-state index contributed by atoms with van der Waals surface area (Å²) in [5, 5.41) is 11.6. The SMILES string of the molecule is CCCCCCCCCNC(=O)OC(CC(=O)O)C[N+](C)(C)C. The second kappa shape index (κ2) is 12.2. The molecular weight excluding hydrogens is 296 g/mol. The van der Waals surface area contributed by atoms with Crippen LogP contribution in [0.1, 0.15) is 58.3 Å². The third-order valence-electron chi connectivity index (χ3n) is 3.48. The van der Waals surface area contributed by atoms with Crippen molar-refractivity contribution in [1.29, 1.82) is 0 Å². The van der Waals surface area contributed by atoms with Gasteiger partial charge < -0.3 is 19.6 Å². The highest BCUT2D eigenvalue weighted by Gasteiger charge is 2.24. The molecule has 0 spiro atoms. The van der Waals surface area contributed by atoms with Crippen LogP contribution in [-0.4, -0.2) is 62.0 Å². The van der Waals surface area contributed by atoms with Crippen LogP contribution >= 0.6 is 0 Å². The first kappa shape index (κ1) is 21.7. The highest BCUT2D eigenvalue weighted by molar-refractivity contribution is 5.70. The lowest BCUT2D eigenvalue weighted by Gasteiger charge is -2.28. The first-order valence-electron chi connectivity index (χ1n) is 8.71.